The van der Waals surface area contributed by atoms with E-state index in [1.165, 1.54) is 0 Å². The summed E-state index contributed by atoms with van der Waals surface area (Å²) in [5.41, 5.74) is 2.86. The van der Waals surface area contributed by atoms with Gasteiger partial charge in [-0.15, -0.1) is 0 Å². The average Bonchev–Trinajstić information content (AvgIpc) is 2.44. The number of methoxy groups -OCH3 is 1. The molecule has 3 nitrogen and oxygen atoms in total. The fourth-order valence-electron chi connectivity index (χ4n) is 2.27. The molecule has 0 spiro atoms. The van der Waals surface area contributed by atoms with Crippen molar-refractivity contribution in [3.8, 4) is 5.75 Å². The van der Waals surface area contributed by atoms with Crippen LogP contribution in [0, 0.1) is 6.92 Å². The number of carbonyl (C=O) groups is 1. The van der Waals surface area contributed by atoms with Crippen LogP contribution in [0.15, 0.2) is 48.5 Å². The molecule has 1 unspecified atom stereocenters. The van der Waals surface area contributed by atoms with E-state index in [2.05, 4.69) is 0 Å². The van der Waals surface area contributed by atoms with E-state index in [0.29, 0.717) is 6.42 Å². The zero-order valence-corrected chi connectivity index (χ0v) is 11.7. The second-order valence-corrected chi connectivity index (χ2v) is 4.86. The smallest absolute Gasteiger partial charge is 0.311 e. The lowest BCUT2D eigenvalue weighted by atomic mass is 9.91. The van der Waals surface area contributed by atoms with Crippen LogP contribution in [-0.2, 0) is 11.2 Å². The highest BCUT2D eigenvalue weighted by atomic mass is 16.5. The van der Waals surface area contributed by atoms with Crippen LogP contribution in [0.5, 0.6) is 5.75 Å². The van der Waals surface area contributed by atoms with E-state index in [-0.39, 0.29) is 0 Å². The lowest BCUT2D eigenvalue weighted by Crippen LogP contribution is -2.14. The van der Waals surface area contributed by atoms with Gasteiger partial charge in [0.25, 0.3) is 0 Å². The van der Waals surface area contributed by atoms with Crippen molar-refractivity contribution in [2.24, 2.45) is 0 Å². The zero-order valence-electron chi connectivity index (χ0n) is 11.7. The number of aryl methyl sites for hydroxylation is 1. The predicted molar refractivity (Wildman–Crippen MR) is 78.3 cm³/mol. The van der Waals surface area contributed by atoms with Crippen molar-refractivity contribution in [1.29, 1.82) is 0 Å². The largest absolute Gasteiger partial charge is 0.497 e. The zero-order chi connectivity index (χ0) is 14.5. The van der Waals surface area contributed by atoms with Crippen LogP contribution in [0.25, 0.3) is 0 Å². The molecule has 1 N–H and O–H groups in total. The van der Waals surface area contributed by atoms with E-state index in [9.17, 15) is 9.90 Å². The van der Waals surface area contributed by atoms with Crippen molar-refractivity contribution in [3.63, 3.8) is 0 Å². The lowest BCUT2D eigenvalue weighted by Gasteiger charge is -2.14. The molecule has 0 heterocycles. The van der Waals surface area contributed by atoms with E-state index < -0.39 is 11.9 Å². The molecule has 0 radical (unpaired) electrons. The van der Waals surface area contributed by atoms with Crippen LogP contribution in [0.1, 0.15) is 22.6 Å². The quantitative estimate of drug-likeness (QED) is 0.905. The molecule has 0 saturated heterocycles. The summed E-state index contributed by atoms with van der Waals surface area (Å²) < 4.78 is 5.17. The Morgan fingerprint density at radius 2 is 1.95 bits per heavy atom. The Balaban J connectivity index is 2.28. The van der Waals surface area contributed by atoms with Crippen molar-refractivity contribution in [2.45, 2.75) is 19.3 Å². The van der Waals surface area contributed by atoms with Gasteiger partial charge in [0, 0.05) is 0 Å². The molecule has 2 aromatic carbocycles. The Morgan fingerprint density at radius 1 is 1.20 bits per heavy atom. The van der Waals surface area contributed by atoms with Gasteiger partial charge in [0.05, 0.1) is 13.0 Å². The Labute approximate surface area is 118 Å². The highest BCUT2D eigenvalue weighted by molar-refractivity contribution is 5.76. The van der Waals surface area contributed by atoms with E-state index in [1.54, 1.807) is 7.11 Å². The fourth-order valence-corrected chi connectivity index (χ4v) is 2.27. The second-order valence-electron chi connectivity index (χ2n) is 4.86. The number of benzene rings is 2. The normalized spacial score (nSPS) is 11.9. The molecule has 0 saturated carbocycles. The summed E-state index contributed by atoms with van der Waals surface area (Å²) >= 11 is 0. The minimum absolute atomic E-state index is 0.454. The molecule has 0 aromatic heterocycles. The minimum Gasteiger partial charge on any atom is -0.497 e. The van der Waals surface area contributed by atoms with Gasteiger partial charge in [0.2, 0.25) is 0 Å². The van der Waals surface area contributed by atoms with Crippen LogP contribution in [0.2, 0.25) is 0 Å². The third-order valence-electron chi connectivity index (χ3n) is 3.32. The van der Waals surface area contributed by atoms with Gasteiger partial charge >= 0.3 is 5.97 Å². The highest BCUT2D eigenvalue weighted by Gasteiger charge is 2.20. The highest BCUT2D eigenvalue weighted by Crippen LogP contribution is 2.24. The molecule has 0 aliphatic rings. The second kappa shape index (κ2) is 6.24. The topological polar surface area (TPSA) is 46.5 Å². The van der Waals surface area contributed by atoms with E-state index >= 15 is 0 Å². The average molecular weight is 270 g/mol. The molecular formula is C17H18O3. The van der Waals surface area contributed by atoms with Crippen molar-refractivity contribution in [1.82, 2.24) is 0 Å². The maximum atomic E-state index is 11.5. The van der Waals surface area contributed by atoms with Gasteiger partial charge < -0.3 is 9.84 Å². The number of aliphatic carboxylic acids is 1. The van der Waals surface area contributed by atoms with Gasteiger partial charge in [-0.1, -0.05) is 42.0 Å². The summed E-state index contributed by atoms with van der Waals surface area (Å²) in [5.74, 6) is -0.601. The van der Waals surface area contributed by atoms with Crippen LogP contribution in [-0.4, -0.2) is 18.2 Å². The molecule has 0 bridgehead atoms. The number of hydrogen-bond acceptors (Lipinski definition) is 2. The van der Waals surface area contributed by atoms with Crippen molar-refractivity contribution in [3.05, 3.63) is 65.2 Å². The van der Waals surface area contributed by atoms with E-state index in [4.69, 9.17) is 4.74 Å². The van der Waals surface area contributed by atoms with Crippen molar-refractivity contribution in [2.75, 3.05) is 7.11 Å². The maximum Gasteiger partial charge on any atom is 0.311 e. The summed E-state index contributed by atoms with van der Waals surface area (Å²) in [4.78, 5) is 11.5. The Hall–Kier alpha value is -2.29. The van der Waals surface area contributed by atoms with Crippen LogP contribution in [0.4, 0.5) is 0 Å². The van der Waals surface area contributed by atoms with Crippen LogP contribution < -0.4 is 4.74 Å². The first-order valence-corrected chi connectivity index (χ1v) is 6.52. The first kappa shape index (κ1) is 14.1. The number of carboxylic acid groups (broad SMARTS) is 1. The minimum atomic E-state index is -0.807. The SMILES string of the molecule is COc1cccc(CC(C(=O)O)c2cccc(C)c2)c1. The predicted octanol–water partition coefficient (Wildman–Crippen LogP) is 3.41. The van der Waals surface area contributed by atoms with Gasteiger partial charge in [-0.25, -0.2) is 0 Å². The van der Waals surface area contributed by atoms with Gasteiger partial charge in [-0.2, -0.15) is 0 Å². The molecule has 0 fully saturated rings. The maximum absolute atomic E-state index is 11.5. The summed E-state index contributed by atoms with van der Waals surface area (Å²) in [6.07, 6.45) is 0.454. The molecule has 1 atom stereocenters. The third kappa shape index (κ3) is 3.38. The molecule has 104 valence electrons. The molecule has 3 heteroatoms. The van der Waals surface area contributed by atoms with Crippen molar-refractivity contribution >= 4 is 5.97 Å². The van der Waals surface area contributed by atoms with Gasteiger partial charge in [-0.05, 0) is 36.6 Å². The summed E-state index contributed by atoms with van der Waals surface area (Å²) in [6.45, 7) is 1.97. The number of carboxylic acids is 1. The van der Waals surface area contributed by atoms with Crippen molar-refractivity contribution < 1.29 is 14.6 Å². The molecule has 0 aliphatic carbocycles. The number of ether oxygens (including phenoxy) is 1. The number of hydrogen-bond donors (Lipinski definition) is 1. The first-order chi connectivity index (χ1) is 9.60. The molecule has 2 aromatic rings. The van der Waals surface area contributed by atoms with Gasteiger partial charge in [0.1, 0.15) is 5.75 Å². The summed E-state index contributed by atoms with van der Waals surface area (Å²) in [6, 6.07) is 15.2. The molecule has 2 rings (SSSR count). The van der Waals surface area contributed by atoms with Gasteiger partial charge in [-0.3, -0.25) is 4.79 Å². The van der Waals surface area contributed by atoms with Crippen LogP contribution >= 0.6 is 0 Å². The summed E-state index contributed by atoms with van der Waals surface area (Å²) in [7, 11) is 1.61. The first-order valence-electron chi connectivity index (χ1n) is 6.52. The third-order valence-corrected chi connectivity index (χ3v) is 3.32. The van der Waals surface area contributed by atoms with Gasteiger partial charge in [0.15, 0.2) is 0 Å². The number of rotatable bonds is 5. The summed E-state index contributed by atoms with van der Waals surface area (Å²) in [5, 5.41) is 9.47. The Kier molecular flexibility index (Phi) is 4.41. The lowest BCUT2D eigenvalue weighted by molar-refractivity contribution is -0.138. The standard InChI is InChI=1S/C17H18O3/c1-12-5-3-7-14(9-12)16(17(18)19)11-13-6-4-8-15(10-13)20-2/h3-10,16H,11H2,1-2H3,(H,18,19). The Morgan fingerprint density at radius 3 is 2.60 bits per heavy atom. The molecule has 20 heavy (non-hydrogen) atoms. The molecular weight excluding hydrogens is 252 g/mol. The molecule has 0 amide bonds. The molecule has 0 aliphatic heterocycles. The monoisotopic (exact) mass is 270 g/mol. The van der Waals surface area contributed by atoms with E-state index in [0.717, 1.165) is 22.4 Å². The fraction of sp³-hybridized carbons (Fsp3) is 0.235. The van der Waals surface area contributed by atoms with E-state index in [1.807, 2.05) is 55.5 Å². The Bertz CT molecular complexity index is 605. The van der Waals surface area contributed by atoms with Crippen LogP contribution in [0.3, 0.4) is 0 Å².